The van der Waals surface area contributed by atoms with Gasteiger partial charge in [-0.15, -0.1) is 0 Å². The molecule has 0 aromatic rings. The maximum absolute atomic E-state index is 10.8. The summed E-state index contributed by atoms with van der Waals surface area (Å²) in [6, 6.07) is 0. The van der Waals surface area contributed by atoms with Crippen molar-refractivity contribution in [2.45, 2.75) is 3.79 Å². The predicted molar refractivity (Wildman–Crippen MR) is 46.9 cm³/mol. The third-order valence-corrected chi connectivity index (χ3v) is 1.52. The first kappa shape index (κ1) is 12.0. The minimum atomic E-state index is -2.22. The zero-order chi connectivity index (χ0) is 9.94. The number of halogens is 4. The molecule has 0 radical (unpaired) electrons. The lowest BCUT2D eigenvalue weighted by molar-refractivity contribution is -0.131. The van der Waals surface area contributed by atoms with E-state index in [-0.39, 0.29) is 0 Å². The molecule has 0 saturated carbocycles. The first-order valence-corrected chi connectivity index (χ1v) is 3.98. The van der Waals surface area contributed by atoms with E-state index in [1.165, 1.54) is 0 Å². The number of Topliss-reactive ketones (excluding diaryl/α,β-unsaturated/α-hetero) is 1. The molecular formula is C5H2Cl4O3. The Balaban J connectivity index is 4.63. The minimum Gasteiger partial charge on any atom is -0.478 e. The normalized spacial score (nSPS) is 12.8. The van der Waals surface area contributed by atoms with Crippen LogP contribution in [0, 0.1) is 0 Å². The molecule has 0 aliphatic rings. The highest BCUT2D eigenvalue weighted by molar-refractivity contribution is 6.79. The van der Waals surface area contributed by atoms with Crippen LogP contribution in [0.4, 0.5) is 0 Å². The van der Waals surface area contributed by atoms with Gasteiger partial charge in [0, 0.05) is 6.08 Å². The number of carbonyl (C=O) groups excluding carboxylic acids is 1. The van der Waals surface area contributed by atoms with Crippen molar-refractivity contribution in [1.29, 1.82) is 0 Å². The number of rotatable bonds is 2. The van der Waals surface area contributed by atoms with Gasteiger partial charge in [-0.3, -0.25) is 4.79 Å². The van der Waals surface area contributed by atoms with Gasteiger partial charge in [0.05, 0.1) is 5.03 Å². The van der Waals surface area contributed by atoms with E-state index < -0.39 is 20.6 Å². The van der Waals surface area contributed by atoms with Crippen LogP contribution in [-0.2, 0) is 9.59 Å². The highest BCUT2D eigenvalue weighted by Gasteiger charge is 2.32. The van der Waals surface area contributed by atoms with Crippen LogP contribution in [-0.4, -0.2) is 20.7 Å². The largest absolute Gasteiger partial charge is 0.478 e. The second-order valence-corrected chi connectivity index (χ2v) is 4.35. The Labute approximate surface area is 87.8 Å². The van der Waals surface area contributed by atoms with Crippen LogP contribution in [0.3, 0.4) is 0 Å². The molecule has 68 valence electrons. The first-order valence-electron chi connectivity index (χ1n) is 2.47. The van der Waals surface area contributed by atoms with Gasteiger partial charge < -0.3 is 5.11 Å². The van der Waals surface area contributed by atoms with Crippen LogP contribution in [0.5, 0.6) is 0 Å². The number of carbonyl (C=O) groups is 2. The second kappa shape index (κ2) is 4.33. The van der Waals surface area contributed by atoms with Crippen LogP contribution in [0.1, 0.15) is 0 Å². The fourth-order valence-corrected chi connectivity index (χ4v) is 0.995. The van der Waals surface area contributed by atoms with Crippen LogP contribution in [0.2, 0.25) is 0 Å². The smallest absolute Gasteiger partial charge is 0.329 e. The second-order valence-electron chi connectivity index (χ2n) is 1.66. The van der Waals surface area contributed by atoms with Crippen molar-refractivity contribution in [2.24, 2.45) is 0 Å². The first-order chi connectivity index (χ1) is 5.25. The van der Waals surface area contributed by atoms with Gasteiger partial charge in [0.25, 0.3) is 3.79 Å². The quantitative estimate of drug-likeness (QED) is 0.604. The van der Waals surface area contributed by atoms with E-state index in [2.05, 4.69) is 0 Å². The molecule has 0 aliphatic carbocycles. The van der Waals surface area contributed by atoms with E-state index in [4.69, 9.17) is 51.5 Å². The molecule has 0 heterocycles. The Morgan fingerprint density at radius 1 is 1.25 bits per heavy atom. The lowest BCUT2D eigenvalue weighted by Crippen LogP contribution is -2.19. The number of hydrogen-bond acceptors (Lipinski definition) is 2. The Morgan fingerprint density at radius 2 is 1.67 bits per heavy atom. The SMILES string of the molecule is O=C(O)/C=C(\Cl)C(=O)C(Cl)(Cl)Cl. The number of carboxylic acid groups (broad SMARTS) is 1. The van der Waals surface area contributed by atoms with Crippen molar-refractivity contribution in [3.05, 3.63) is 11.1 Å². The van der Waals surface area contributed by atoms with Gasteiger partial charge in [0.1, 0.15) is 0 Å². The summed E-state index contributed by atoms with van der Waals surface area (Å²) in [7, 11) is 0. The molecule has 0 aliphatic heterocycles. The van der Waals surface area contributed by atoms with Gasteiger partial charge in [0.2, 0.25) is 5.78 Å². The average Bonchev–Trinajstić information content (AvgIpc) is 1.82. The van der Waals surface area contributed by atoms with Gasteiger partial charge in [-0.1, -0.05) is 46.4 Å². The van der Waals surface area contributed by atoms with Crippen molar-refractivity contribution in [1.82, 2.24) is 0 Å². The van der Waals surface area contributed by atoms with Gasteiger partial charge in [-0.25, -0.2) is 4.79 Å². The molecule has 0 spiro atoms. The lowest BCUT2D eigenvalue weighted by Gasteiger charge is -2.06. The molecule has 7 heteroatoms. The molecule has 0 aromatic heterocycles. The molecule has 12 heavy (non-hydrogen) atoms. The average molecular weight is 252 g/mol. The highest BCUT2D eigenvalue weighted by Crippen LogP contribution is 2.31. The summed E-state index contributed by atoms with van der Waals surface area (Å²) in [5, 5.41) is 7.52. The van der Waals surface area contributed by atoms with Crippen molar-refractivity contribution in [2.75, 3.05) is 0 Å². The lowest BCUT2D eigenvalue weighted by atomic mass is 10.4. The number of ketones is 1. The van der Waals surface area contributed by atoms with Gasteiger partial charge in [-0.2, -0.15) is 0 Å². The molecule has 0 saturated heterocycles. The van der Waals surface area contributed by atoms with Crippen LogP contribution < -0.4 is 0 Å². The maximum atomic E-state index is 10.8. The molecule has 0 bridgehead atoms. The summed E-state index contributed by atoms with van der Waals surface area (Å²) < 4.78 is -2.22. The third kappa shape index (κ3) is 4.16. The number of carboxylic acids is 1. The summed E-state index contributed by atoms with van der Waals surface area (Å²) in [5.74, 6) is -2.46. The summed E-state index contributed by atoms with van der Waals surface area (Å²) in [5.41, 5.74) is 0. The number of allylic oxidation sites excluding steroid dienone is 1. The Kier molecular flexibility index (Phi) is 4.34. The van der Waals surface area contributed by atoms with Crippen LogP contribution >= 0.6 is 46.4 Å². The number of hydrogen-bond donors (Lipinski definition) is 1. The fraction of sp³-hybridized carbons (Fsp3) is 0.200. The molecular weight excluding hydrogens is 250 g/mol. The fourth-order valence-electron chi connectivity index (χ4n) is 0.309. The summed E-state index contributed by atoms with van der Waals surface area (Å²) in [6.45, 7) is 0. The molecule has 0 unspecified atom stereocenters. The highest BCUT2D eigenvalue weighted by atomic mass is 35.6. The molecule has 0 atom stereocenters. The standard InChI is InChI=1S/C5H2Cl4O3/c6-2(1-3(10)11)4(12)5(7,8)9/h1H,(H,10,11)/b2-1-. The third-order valence-electron chi connectivity index (χ3n) is 0.725. The van der Waals surface area contributed by atoms with Gasteiger partial charge >= 0.3 is 5.97 Å². The van der Waals surface area contributed by atoms with Gasteiger partial charge in [0.15, 0.2) is 0 Å². The predicted octanol–water partition coefficient (Wildman–Crippen LogP) is 2.13. The molecule has 0 amide bonds. The minimum absolute atomic E-state index is 0.450. The van der Waals surface area contributed by atoms with Crippen LogP contribution in [0.15, 0.2) is 11.1 Å². The van der Waals surface area contributed by atoms with Crippen LogP contribution in [0.25, 0.3) is 0 Å². The Bertz CT molecular complexity index is 240. The van der Waals surface area contributed by atoms with Crippen molar-refractivity contribution < 1.29 is 14.7 Å². The zero-order valence-corrected chi connectivity index (χ0v) is 8.38. The Morgan fingerprint density at radius 3 is 1.92 bits per heavy atom. The number of alkyl halides is 3. The van der Waals surface area contributed by atoms with E-state index in [0.29, 0.717) is 6.08 Å². The van der Waals surface area contributed by atoms with Crippen molar-refractivity contribution >= 4 is 58.2 Å². The number of aliphatic carboxylic acids is 1. The molecule has 0 fully saturated rings. The summed E-state index contributed by atoms with van der Waals surface area (Å²) in [6.07, 6.45) is 0.450. The molecule has 0 aromatic carbocycles. The summed E-state index contributed by atoms with van der Waals surface area (Å²) >= 11 is 20.6. The van der Waals surface area contributed by atoms with E-state index in [1.807, 2.05) is 0 Å². The van der Waals surface area contributed by atoms with E-state index in [1.54, 1.807) is 0 Å². The van der Waals surface area contributed by atoms with E-state index >= 15 is 0 Å². The summed E-state index contributed by atoms with van der Waals surface area (Å²) in [4.78, 5) is 20.8. The maximum Gasteiger partial charge on any atom is 0.329 e. The topological polar surface area (TPSA) is 54.4 Å². The zero-order valence-electron chi connectivity index (χ0n) is 5.35. The van der Waals surface area contributed by atoms with E-state index in [0.717, 1.165) is 0 Å². The van der Waals surface area contributed by atoms with E-state index in [9.17, 15) is 9.59 Å². The van der Waals surface area contributed by atoms with Crippen molar-refractivity contribution in [3.63, 3.8) is 0 Å². The molecule has 3 nitrogen and oxygen atoms in total. The Hall–Kier alpha value is 0.0400. The van der Waals surface area contributed by atoms with Crippen molar-refractivity contribution in [3.8, 4) is 0 Å². The molecule has 0 rings (SSSR count). The molecule has 1 N–H and O–H groups in total. The van der Waals surface area contributed by atoms with Gasteiger partial charge in [-0.05, 0) is 0 Å². The monoisotopic (exact) mass is 250 g/mol.